The van der Waals surface area contributed by atoms with Crippen molar-refractivity contribution in [2.24, 2.45) is 11.8 Å². The highest BCUT2D eigenvalue weighted by molar-refractivity contribution is 4.99. The van der Waals surface area contributed by atoms with Crippen LogP contribution in [0.1, 0.15) is 40.0 Å². The summed E-state index contributed by atoms with van der Waals surface area (Å²) in [6.07, 6.45) is 3.53. The monoisotopic (exact) mass is 241 g/mol. The van der Waals surface area contributed by atoms with Crippen LogP contribution in [0.4, 0.5) is 0 Å². The Labute approximate surface area is 105 Å². The minimum atomic E-state index is -0.0508. The summed E-state index contributed by atoms with van der Waals surface area (Å²) in [5.41, 5.74) is -0.0508. The van der Waals surface area contributed by atoms with E-state index in [9.17, 15) is 0 Å². The summed E-state index contributed by atoms with van der Waals surface area (Å²) in [7, 11) is 0. The molecule has 1 spiro atoms. The second-order valence-corrected chi connectivity index (χ2v) is 6.11. The molecule has 2 heterocycles. The fraction of sp³-hybridized carbons (Fsp3) is 1.00. The van der Waals surface area contributed by atoms with Crippen LogP contribution in [0.5, 0.6) is 0 Å². The first-order chi connectivity index (χ1) is 8.14. The summed E-state index contributed by atoms with van der Waals surface area (Å²) in [5, 5.41) is 3.68. The first kappa shape index (κ1) is 13.3. The van der Waals surface area contributed by atoms with Gasteiger partial charge in [-0.2, -0.15) is 0 Å². The van der Waals surface area contributed by atoms with Crippen molar-refractivity contribution in [3.8, 4) is 0 Å². The molecule has 2 saturated heterocycles. The lowest BCUT2D eigenvalue weighted by Gasteiger charge is -2.49. The third-order valence-corrected chi connectivity index (χ3v) is 4.07. The normalized spacial score (nSPS) is 36.4. The van der Waals surface area contributed by atoms with E-state index in [2.05, 4.69) is 26.1 Å². The molecular formula is C14H27NO2. The second kappa shape index (κ2) is 5.68. The Hall–Kier alpha value is -0.120. The van der Waals surface area contributed by atoms with E-state index in [1.54, 1.807) is 0 Å². The molecule has 100 valence electrons. The summed E-state index contributed by atoms with van der Waals surface area (Å²) in [6.45, 7) is 10.4. The van der Waals surface area contributed by atoms with Crippen molar-refractivity contribution < 1.29 is 9.47 Å². The molecule has 2 aliphatic rings. The van der Waals surface area contributed by atoms with Gasteiger partial charge in [0.1, 0.15) is 5.60 Å². The molecular weight excluding hydrogens is 214 g/mol. The van der Waals surface area contributed by atoms with Crippen molar-refractivity contribution in [2.75, 3.05) is 26.4 Å². The van der Waals surface area contributed by atoms with Crippen molar-refractivity contribution >= 4 is 0 Å². The number of rotatable bonds is 3. The zero-order valence-corrected chi connectivity index (χ0v) is 11.5. The molecule has 0 bridgehead atoms. The highest BCUT2D eigenvalue weighted by Gasteiger charge is 2.45. The quantitative estimate of drug-likeness (QED) is 0.822. The lowest BCUT2D eigenvalue weighted by Crippen LogP contribution is -2.64. The van der Waals surface area contributed by atoms with Crippen LogP contribution >= 0.6 is 0 Å². The molecule has 0 aromatic heterocycles. The predicted octanol–water partition coefficient (Wildman–Crippen LogP) is 2.21. The smallest absolute Gasteiger partial charge is 0.107 e. The molecule has 0 amide bonds. The van der Waals surface area contributed by atoms with Crippen LogP contribution < -0.4 is 5.32 Å². The summed E-state index contributed by atoms with van der Waals surface area (Å²) < 4.78 is 11.8. The Morgan fingerprint density at radius 3 is 2.76 bits per heavy atom. The lowest BCUT2D eigenvalue weighted by molar-refractivity contribution is -0.172. The Kier molecular flexibility index (Phi) is 4.45. The van der Waals surface area contributed by atoms with Gasteiger partial charge >= 0.3 is 0 Å². The second-order valence-electron chi connectivity index (χ2n) is 6.11. The molecule has 2 aliphatic heterocycles. The van der Waals surface area contributed by atoms with Gasteiger partial charge in [0.05, 0.1) is 13.2 Å². The van der Waals surface area contributed by atoms with E-state index >= 15 is 0 Å². The van der Waals surface area contributed by atoms with Crippen molar-refractivity contribution in [3.63, 3.8) is 0 Å². The number of nitrogens with one attached hydrogen (secondary N) is 1. The number of hydrogen-bond acceptors (Lipinski definition) is 3. The SMILES string of the molecule is CC(C)CC(C)C1NCCOC12CCCOC2. The number of morpholine rings is 1. The molecule has 2 rings (SSSR count). The Balaban J connectivity index is 2.05. The van der Waals surface area contributed by atoms with Crippen LogP contribution in [0, 0.1) is 11.8 Å². The molecule has 0 aromatic rings. The Bertz CT molecular complexity index is 228. The fourth-order valence-corrected chi connectivity index (χ4v) is 3.49. The van der Waals surface area contributed by atoms with Crippen LogP contribution in [0.3, 0.4) is 0 Å². The maximum atomic E-state index is 6.13. The van der Waals surface area contributed by atoms with Crippen LogP contribution in [0.15, 0.2) is 0 Å². The zero-order chi connectivity index (χ0) is 12.3. The average molecular weight is 241 g/mol. The van der Waals surface area contributed by atoms with Gasteiger partial charge < -0.3 is 14.8 Å². The highest BCUT2D eigenvalue weighted by Crippen LogP contribution is 2.34. The van der Waals surface area contributed by atoms with Gasteiger partial charge in [0.2, 0.25) is 0 Å². The van der Waals surface area contributed by atoms with Crippen LogP contribution in [-0.4, -0.2) is 38.0 Å². The molecule has 3 heteroatoms. The zero-order valence-electron chi connectivity index (χ0n) is 11.5. The van der Waals surface area contributed by atoms with Crippen molar-refractivity contribution in [1.82, 2.24) is 5.32 Å². The maximum absolute atomic E-state index is 6.13. The van der Waals surface area contributed by atoms with E-state index in [1.165, 1.54) is 6.42 Å². The standard InChI is InChI=1S/C14H27NO2/c1-11(2)9-12(3)13-14(17-8-6-15-13)5-4-7-16-10-14/h11-13,15H,4-10H2,1-3H3. The fourth-order valence-electron chi connectivity index (χ4n) is 3.49. The average Bonchev–Trinajstić information content (AvgIpc) is 2.29. The van der Waals surface area contributed by atoms with E-state index in [0.29, 0.717) is 12.0 Å². The molecule has 0 radical (unpaired) electrons. The van der Waals surface area contributed by atoms with Crippen molar-refractivity contribution in [2.45, 2.75) is 51.7 Å². The van der Waals surface area contributed by atoms with Gasteiger partial charge in [-0.05, 0) is 31.1 Å². The van der Waals surface area contributed by atoms with Crippen molar-refractivity contribution in [3.05, 3.63) is 0 Å². The first-order valence-corrected chi connectivity index (χ1v) is 7.09. The summed E-state index contributed by atoms with van der Waals surface area (Å²) in [5.74, 6) is 1.40. The summed E-state index contributed by atoms with van der Waals surface area (Å²) >= 11 is 0. The van der Waals surface area contributed by atoms with E-state index < -0.39 is 0 Å². The van der Waals surface area contributed by atoms with Crippen LogP contribution in [-0.2, 0) is 9.47 Å². The lowest BCUT2D eigenvalue weighted by atomic mass is 9.77. The van der Waals surface area contributed by atoms with E-state index in [1.807, 2.05) is 0 Å². The number of ether oxygens (including phenoxy) is 2. The third kappa shape index (κ3) is 3.01. The first-order valence-electron chi connectivity index (χ1n) is 7.09. The Morgan fingerprint density at radius 2 is 2.12 bits per heavy atom. The van der Waals surface area contributed by atoms with Gasteiger partial charge in [0.25, 0.3) is 0 Å². The Morgan fingerprint density at radius 1 is 1.29 bits per heavy atom. The molecule has 0 saturated carbocycles. The van der Waals surface area contributed by atoms with Crippen LogP contribution in [0.2, 0.25) is 0 Å². The van der Waals surface area contributed by atoms with Gasteiger partial charge in [0, 0.05) is 19.2 Å². The molecule has 1 N–H and O–H groups in total. The van der Waals surface area contributed by atoms with E-state index in [0.717, 1.165) is 45.1 Å². The molecule has 0 aromatic carbocycles. The topological polar surface area (TPSA) is 30.5 Å². The minimum absolute atomic E-state index is 0.0508. The van der Waals surface area contributed by atoms with Gasteiger partial charge in [-0.25, -0.2) is 0 Å². The molecule has 3 atom stereocenters. The summed E-state index contributed by atoms with van der Waals surface area (Å²) in [6, 6.07) is 0.457. The summed E-state index contributed by atoms with van der Waals surface area (Å²) in [4.78, 5) is 0. The largest absolute Gasteiger partial charge is 0.378 e. The van der Waals surface area contributed by atoms with Gasteiger partial charge in [-0.1, -0.05) is 20.8 Å². The van der Waals surface area contributed by atoms with E-state index in [-0.39, 0.29) is 5.60 Å². The minimum Gasteiger partial charge on any atom is -0.378 e. The highest BCUT2D eigenvalue weighted by atomic mass is 16.5. The molecule has 3 nitrogen and oxygen atoms in total. The molecule has 2 fully saturated rings. The predicted molar refractivity (Wildman–Crippen MR) is 69.1 cm³/mol. The van der Waals surface area contributed by atoms with E-state index in [4.69, 9.17) is 9.47 Å². The van der Waals surface area contributed by atoms with Gasteiger partial charge in [-0.15, -0.1) is 0 Å². The molecule has 17 heavy (non-hydrogen) atoms. The van der Waals surface area contributed by atoms with Crippen LogP contribution in [0.25, 0.3) is 0 Å². The maximum Gasteiger partial charge on any atom is 0.107 e. The third-order valence-electron chi connectivity index (χ3n) is 4.07. The van der Waals surface area contributed by atoms with Gasteiger partial charge in [0.15, 0.2) is 0 Å². The van der Waals surface area contributed by atoms with Crippen molar-refractivity contribution in [1.29, 1.82) is 0 Å². The molecule has 3 unspecified atom stereocenters. The molecule has 0 aliphatic carbocycles. The van der Waals surface area contributed by atoms with Gasteiger partial charge in [-0.3, -0.25) is 0 Å². The number of hydrogen-bond donors (Lipinski definition) is 1.